The Hall–Kier alpha value is -1.44. The fraction of sp³-hybridized carbons (Fsp3) is 0.611. The fourth-order valence-corrected chi connectivity index (χ4v) is 4.24. The van der Waals surface area contributed by atoms with E-state index in [2.05, 4.69) is 20.8 Å². The molecule has 0 aromatic heterocycles. The van der Waals surface area contributed by atoms with Crippen molar-refractivity contribution in [2.45, 2.75) is 51.0 Å². The first-order chi connectivity index (χ1) is 11.6. The Labute approximate surface area is 150 Å². The molecule has 0 bridgehead atoms. The molecule has 0 radical (unpaired) electrons. The lowest BCUT2D eigenvalue weighted by atomic mass is 9.87. The highest BCUT2D eigenvalue weighted by Crippen LogP contribution is 2.31. The van der Waals surface area contributed by atoms with Crippen LogP contribution in [0.15, 0.2) is 29.2 Å². The van der Waals surface area contributed by atoms with Gasteiger partial charge in [0, 0.05) is 25.2 Å². The lowest BCUT2D eigenvalue weighted by molar-refractivity contribution is -0.0258. The number of sulfonamides is 1. The van der Waals surface area contributed by atoms with Crippen LogP contribution in [0.1, 0.15) is 50.4 Å². The monoisotopic (exact) mass is 368 g/mol. The van der Waals surface area contributed by atoms with Crippen LogP contribution in [0.4, 0.5) is 0 Å². The van der Waals surface area contributed by atoms with Gasteiger partial charge in [0.15, 0.2) is 0 Å². The Morgan fingerprint density at radius 2 is 2.04 bits per heavy atom. The van der Waals surface area contributed by atoms with E-state index in [1.807, 2.05) is 4.90 Å². The Morgan fingerprint density at radius 1 is 1.36 bits per heavy atom. The molecule has 25 heavy (non-hydrogen) atoms. The Kier molecular flexibility index (Phi) is 5.91. The molecule has 1 amide bonds. The molecule has 1 aromatic rings. The predicted octanol–water partition coefficient (Wildman–Crippen LogP) is 2.91. The molecule has 1 atom stereocenters. The summed E-state index contributed by atoms with van der Waals surface area (Å²) in [7, 11) is -1.16. The largest absolute Gasteiger partial charge is 0.336 e. The summed E-state index contributed by atoms with van der Waals surface area (Å²) in [6.07, 6.45) is 2.91. The molecular weight excluding hydrogens is 340 g/mol. The third kappa shape index (κ3) is 4.59. The van der Waals surface area contributed by atoms with Crippen LogP contribution in [0.3, 0.4) is 0 Å². The third-order valence-electron chi connectivity index (χ3n) is 4.46. The number of benzene rings is 1. The highest BCUT2D eigenvalue weighted by molar-refractivity contribution is 7.89. The molecule has 0 N–H and O–H groups in total. The number of likely N-dealkylation sites (tertiary alicyclic amines) is 1. The number of hydrogen-bond donors (Lipinski definition) is 0. The minimum absolute atomic E-state index is 0.0502. The van der Waals surface area contributed by atoms with Gasteiger partial charge in [-0.25, -0.2) is 8.42 Å². The molecule has 0 saturated carbocycles. The van der Waals surface area contributed by atoms with Gasteiger partial charge in [0.05, 0.1) is 12.0 Å². The van der Waals surface area contributed by atoms with E-state index in [1.54, 1.807) is 12.1 Å². The summed E-state index contributed by atoms with van der Waals surface area (Å²) in [4.78, 5) is 19.7. The minimum Gasteiger partial charge on any atom is -0.336 e. The van der Waals surface area contributed by atoms with E-state index in [1.165, 1.54) is 26.3 Å². The van der Waals surface area contributed by atoms with Gasteiger partial charge in [0.25, 0.3) is 15.9 Å². The van der Waals surface area contributed by atoms with Crippen molar-refractivity contribution in [3.8, 4) is 0 Å². The van der Waals surface area contributed by atoms with Gasteiger partial charge < -0.3 is 4.90 Å². The van der Waals surface area contributed by atoms with Crippen molar-refractivity contribution < 1.29 is 18.0 Å². The average Bonchev–Trinajstić information content (AvgIpc) is 2.99. The first-order valence-corrected chi connectivity index (χ1v) is 9.94. The summed E-state index contributed by atoms with van der Waals surface area (Å²) in [5.74, 6) is -0.108. The van der Waals surface area contributed by atoms with Crippen LogP contribution in [0.5, 0.6) is 0 Å². The SMILES string of the molecule is CON(C)S(=O)(=O)c1cccc(C(=O)N2CCC[C@@H]2CC(C)(C)C)c1. The first kappa shape index (κ1) is 19.9. The van der Waals surface area contributed by atoms with E-state index in [-0.39, 0.29) is 22.3 Å². The van der Waals surface area contributed by atoms with E-state index >= 15 is 0 Å². The van der Waals surface area contributed by atoms with E-state index in [0.717, 1.165) is 23.7 Å². The predicted molar refractivity (Wildman–Crippen MR) is 96.5 cm³/mol. The molecule has 1 heterocycles. The van der Waals surface area contributed by atoms with Gasteiger partial charge in [0.1, 0.15) is 0 Å². The van der Waals surface area contributed by atoms with E-state index in [4.69, 9.17) is 4.84 Å². The molecular formula is C18H28N2O4S. The second-order valence-electron chi connectivity index (χ2n) is 7.68. The van der Waals surface area contributed by atoms with Crippen LogP contribution in [0, 0.1) is 5.41 Å². The second kappa shape index (κ2) is 7.43. The van der Waals surface area contributed by atoms with Crippen LogP contribution in [-0.4, -0.2) is 50.4 Å². The van der Waals surface area contributed by atoms with Gasteiger partial charge in [-0.2, -0.15) is 0 Å². The quantitative estimate of drug-likeness (QED) is 0.750. The molecule has 1 aliphatic heterocycles. The lowest BCUT2D eigenvalue weighted by Gasteiger charge is -2.30. The maximum atomic E-state index is 12.9. The minimum atomic E-state index is -3.77. The molecule has 0 aliphatic carbocycles. The summed E-state index contributed by atoms with van der Waals surface area (Å²) in [6.45, 7) is 7.22. The van der Waals surface area contributed by atoms with Crippen molar-refractivity contribution in [1.29, 1.82) is 0 Å². The highest BCUT2D eigenvalue weighted by Gasteiger charge is 2.32. The van der Waals surface area contributed by atoms with Crippen LogP contribution in [0.2, 0.25) is 0 Å². The number of hydrogen-bond acceptors (Lipinski definition) is 4. The van der Waals surface area contributed by atoms with Crippen molar-refractivity contribution in [2.24, 2.45) is 5.41 Å². The number of carbonyl (C=O) groups excluding carboxylic acids is 1. The standard InChI is InChI=1S/C18H28N2O4S/c1-18(2,3)13-15-9-7-11-20(15)17(21)14-8-6-10-16(12-14)25(22,23)19(4)24-5/h6,8,10,12,15H,7,9,11,13H2,1-5H3/t15-/m1/s1. The lowest BCUT2D eigenvalue weighted by Crippen LogP contribution is -2.37. The average molecular weight is 368 g/mol. The third-order valence-corrected chi connectivity index (χ3v) is 6.14. The summed E-state index contributed by atoms with van der Waals surface area (Å²) in [5, 5.41) is 0. The van der Waals surface area contributed by atoms with Gasteiger partial charge in [-0.1, -0.05) is 31.3 Å². The molecule has 7 heteroatoms. The number of carbonyl (C=O) groups is 1. The smallest absolute Gasteiger partial charge is 0.264 e. The molecule has 1 aromatic carbocycles. The molecule has 0 unspecified atom stereocenters. The molecule has 6 nitrogen and oxygen atoms in total. The van der Waals surface area contributed by atoms with E-state index in [0.29, 0.717) is 12.1 Å². The number of hydroxylamine groups is 1. The van der Waals surface area contributed by atoms with Crippen LogP contribution in [0.25, 0.3) is 0 Å². The molecule has 2 rings (SSSR count). The maximum absolute atomic E-state index is 12.9. The van der Waals surface area contributed by atoms with E-state index < -0.39 is 10.0 Å². The second-order valence-corrected chi connectivity index (χ2v) is 9.62. The van der Waals surface area contributed by atoms with Gasteiger partial charge in [-0.05, 0) is 42.9 Å². The Bertz CT molecular complexity index is 725. The molecule has 140 valence electrons. The molecule has 0 spiro atoms. The topological polar surface area (TPSA) is 66.9 Å². The zero-order chi connectivity index (χ0) is 18.8. The molecule has 1 aliphatic rings. The van der Waals surface area contributed by atoms with Crippen molar-refractivity contribution >= 4 is 15.9 Å². The van der Waals surface area contributed by atoms with Crippen LogP contribution in [-0.2, 0) is 14.9 Å². The number of nitrogens with zero attached hydrogens (tertiary/aromatic N) is 2. The van der Waals surface area contributed by atoms with Gasteiger partial charge in [0.2, 0.25) is 0 Å². The van der Waals surface area contributed by atoms with Crippen molar-refractivity contribution in [1.82, 2.24) is 9.37 Å². The normalized spacial score (nSPS) is 18.8. The summed E-state index contributed by atoms with van der Waals surface area (Å²) in [5.41, 5.74) is 0.534. The fourth-order valence-electron chi connectivity index (χ4n) is 3.22. The Morgan fingerprint density at radius 3 is 2.64 bits per heavy atom. The first-order valence-electron chi connectivity index (χ1n) is 8.50. The zero-order valence-electron chi connectivity index (χ0n) is 15.7. The van der Waals surface area contributed by atoms with Crippen LogP contribution < -0.4 is 0 Å². The van der Waals surface area contributed by atoms with Crippen molar-refractivity contribution in [2.75, 3.05) is 20.7 Å². The highest BCUT2D eigenvalue weighted by atomic mass is 32.2. The van der Waals surface area contributed by atoms with Crippen molar-refractivity contribution in [3.63, 3.8) is 0 Å². The van der Waals surface area contributed by atoms with Gasteiger partial charge in [-0.3, -0.25) is 9.63 Å². The van der Waals surface area contributed by atoms with Gasteiger partial charge in [-0.15, -0.1) is 0 Å². The van der Waals surface area contributed by atoms with E-state index in [9.17, 15) is 13.2 Å². The van der Waals surface area contributed by atoms with Crippen LogP contribution >= 0.6 is 0 Å². The Balaban J connectivity index is 2.27. The molecule has 1 fully saturated rings. The number of rotatable bonds is 5. The summed E-state index contributed by atoms with van der Waals surface area (Å²) >= 11 is 0. The number of amides is 1. The zero-order valence-corrected chi connectivity index (χ0v) is 16.5. The maximum Gasteiger partial charge on any atom is 0.264 e. The summed E-state index contributed by atoms with van der Waals surface area (Å²) < 4.78 is 25.6. The van der Waals surface area contributed by atoms with Crippen molar-refractivity contribution in [3.05, 3.63) is 29.8 Å². The summed E-state index contributed by atoms with van der Waals surface area (Å²) in [6, 6.07) is 6.37. The van der Waals surface area contributed by atoms with Gasteiger partial charge >= 0.3 is 0 Å². The molecule has 1 saturated heterocycles.